The number of para-hydroxylation sites is 1. The third kappa shape index (κ3) is 5.58. The van der Waals surface area contributed by atoms with E-state index in [1.807, 2.05) is 49.3 Å². The van der Waals surface area contributed by atoms with Crippen LogP contribution in [0.2, 0.25) is 0 Å². The highest BCUT2D eigenvalue weighted by atomic mass is 32.2. The number of rotatable bonds is 7. The molecule has 2 rings (SSSR count). The molecule has 0 bridgehead atoms. The molecule has 0 radical (unpaired) electrons. The van der Waals surface area contributed by atoms with Gasteiger partial charge in [-0.1, -0.05) is 42.5 Å². The van der Waals surface area contributed by atoms with Crippen LogP contribution in [0.1, 0.15) is 22.0 Å². The van der Waals surface area contributed by atoms with Crippen LogP contribution < -0.4 is 10.0 Å². The Kier molecular flexibility index (Phi) is 6.17. The molecule has 0 spiro atoms. The topological polar surface area (TPSA) is 78.5 Å². The first-order chi connectivity index (χ1) is 11.8. The molecule has 0 aliphatic rings. The van der Waals surface area contributed by atoms with Crippen molar-refractivity contribution in [2.75, 3.05) is 31.6 Å². The molecule has 1 atom stereocenters. The van der Waals surface area contributed by atoms with Crippen LogP contribution in [-0.2, 0) is 10.0 Å². The smallest absolute Gasteiger partial charge is 0.253 e. The molecule has 0 aromatic heterocycles. The quantitative estimate of drug-likeness (QED) is 0.792. The summed E-state index contributed by atoms with van der Waals surface area (Å²) >= 11 is 0. The van der Waals surface area contributed by atoms with Gasteiger partial charge in [0.1, 0.15) is 0 Å². The Morgan fingerprint density at radius 1 is 1.04 bits per heavy atom. The maximum atomic E-state index is 12.5. The number of amides is 1. The molecule has 0 saturated heterocycles. The van der Waals surface area contributed by atoms with Gasteiger partial charge >= 0.3 is 0 Å². The lowest BCUT2D eigenvalue weighted by atomic mass is 10.1. The fourth-order valence-corrected chi connectivity index (χ4v) is 3.11. The Labute approximate surface area is 148 Å². The summed E-state index contributed by atoms with van der Waals surface area (Å²) in [7, 11) is 0.436. The van der Waals surface area contributed by atoms with E-state index in [4.69, 9.17) is 0 Å². The Morgan fingerprint density at radius 2 is 1.64 bits per heavy atom. The monoisotopic (exact) mass is 361 g/mol. The van der Waals surface area contributed by atoms with Crippen molar-refractivity contribution < 1.29 is 13.2 Å². The number of sulfonamides is 1. The van der Waals surface area contributed by atoms with Gasteiger partial charge in [-0.15, -0.1) is 0 Å². The number of benzene rings is 2. The molecule has 1 unspecified atom stereocenters. The predicted octanol–water partition coefficient (Wildman–Crippen LogP) is 2.09. The Hall–Kier alpha value is -2.38. The van der Waals surface area contributed by atoms with Gasteiger partial charge in [-0.2, -0.15) is 0 Å². The summed E-state index contributed by atoms with van der Waals surface area (Å²) in [5.41, 5.74) is 1.65. The van der Waals surface area contributed by atoms with Crippen molar-refractivity contribution in [1.29, 1.82) is 0 Å². The van der Waals surface area contributed by atoms with E-state index in [0.29, 0.717) is 12.1 Å². The summed E-state index contributed by atoms with van der Waals surface area (Å²) in [6, 6.07) is 16.4. The zero-order chi connectivity index (χ0) is 18.4. The van der Waals surface area contributed by atoms with E-state index < -0.39 is 10.0 Å². The van der Waals surface area contributed by atoms with Gasteiger partial charge in [-0.3, -0.25) is 9.52 Å². The number of nitrogens with zero attached hydrogens (tertiary/aromatic N) is 1. The second-order valence-electron chi connectivity index (χ2n) is 6.02. The van der Waals surface area contributed by atoms with E-state index in [-0.39, 0.29) is 17.6 Å². The molecule has 7 heteroatoms. The maximum absolute atomic E-state index is 12.5. The first-order valence-electron chi connectivity index (χ1n) is 7.84. The summed E-state index contributed by atoms with van der Waals surface area (Å²) in [5, 5.41) is 2.89. The summed E-state index contributed by atoms with van der Waals surface area (Å²) < 4.78 is 25.3. The Morgan fingerprint density at radius 3 is 2.24 bits per heavy atom. The number of hydrogen-bond acceptors (Lipinski definition) is 4. The van der Waals surface area contributed by atoms with Gasteiger partial charge < -0.3 is 10.2 Å². The van der Waals surface area contributed by atoms with Gasteiger partial charge in [0.2, 0.25) is 10.0 Å². The number of hydrogen-bond donors (Lipinski definition) is 2. The Bertz CT molecular complexity index is 820. The zero-order valence-corrected chi connectivity index (χ0v) is 15.4. The fourth-order valence-electron chi connectivity index (χ4n) is 2.53. The summed E-state index contributed by atoms with van der Waals surface area (Å²) in [5.74, 6) is -0.325. The molecule has 0 heterocycles. The fraction of sp³-hybridized carbons (Fsp3) is 0.278. The number of likely N-dealkylation sites (N-methyl/N-ethyl adjacent to an activating group) is 1. The lowest BCUT2D eigenvalue weighted by molar-refractivity contribution is 0.0943. The van der Waals surface area contributed by atoms with Gasteiger partial charge in [-0.05, 0) is 31.8 Å². The van der Waals surface area contributed by atoms with Gasteiger partial charge in [0.15, 0.2) is 0 Å². The normalized spacial score (nSPS) is 12.6. The van der Waals surface area contributed by atoms with E-state index in [1.54, 1.807) is 24.3 Å². The molecular weight excluding hydrogens is 338 g/mol. The lowest BCUT2D eigenvalue weighted by Gasteiger charge is -2.25. The van der Waals surface area contributed by atoms with Crippen LogP contribution in [-0.4, -0.2) is 46.1 Å². The minimum absolute atomic E-state index is 0.0141. The van der Waals surface area contributed by atoms with Crippen molar-refractivity contribution in [3.05, 3.63) is 65.7 Å². The van der Waals surface area contributed by atoms with Crippen molar-refractivity contribution in [1.82, 2.24) is 10.2 Å². The van der Waals surface area contributed by atoms with Crippen molar-refractivity contribution >= 4 is 21.6 Å². The second-order valence-corrected chi connectivity index (χ2v) is 7.77. The van der Waals surface area contributed by atoms with Crippen molar-refractivity contribution in [3.63, 3.8) is 0 Å². The molecule has 1 amide bonds. The second kappa shape index (κ2) is 8.13. The number of anilines is 1. The molecule has 25 heavy (non-hydrogen) atoms. The zero-order valence-electron chi connectivity index (χ0n) is 14.6. The molecule has 0 saturated carbocycles. The number of carbonyl (C=O) groups is 1. The maximum Gasteiger partial charge on any atom is 0.253 e. The SMILES string of the molecule is CN(C)C(CNC(=O)c1ccccc1NS(C)(=O)=O)c1ccccc1. The lowest BCUT2D eigenvalue weighted by Crippen LogP contribution is -2.35. The molecular formula is C18H23N3O3S. The summed E-state index contributed by atoms with van der Waals surface area (Å²) in [6.07, 6.45) is 1.05. The van der Waals surface area contributed by atoms with Gasteiger partial charge in [0, 0.05) is 6.54 Å². The molecule has 0 aliphatic heterocycles. The van der Waals surface area contributed by atoms with Crippen LogP contribution >= 0.6 is 0 Å². The highest BCUT2D eigenvalue weighted by Crippen LogP contribution is 2.19. The molecule has 0 fully saturated rings. The average molecular weight is 361 g/mol. The number of nitrogens with one attached hydrogen (secondary N) is 2. The first-order valence-corrected chi connectivity index (χ1v) is 9.73. The van der Waals surface area contributed by atoms with E-state index in [1.165, 1.54) is 0 Å². The minimum atomic E-state index is -3.46. The molecule has 2 N–H and O–H groups in total. The standard InChI is InChI=1S/C18H23N3O3S/c1-21(2)17(14-9-5-4-6-10-14)13-19-18(22)15-11-7-8-12-16(15)20-25(3,23)24/h4-12,17,20H,13H2,1-3H3,(H,19,22). The van der Waals surface area contributed by atoms with Crippen LogP contribution in [0.4, 0.5) is 5.69 Å². The molecule has 2 aromatic rings. The minimum Gasteiger partial charge on any atom is -0.350 e. The predicted molar refractivity (Wildman–Crippen MR) is 100 cm³/mol. The van der Waals surface area contributed by atoms with Crippen LogP contribution in [0.25, 0.3) is 0 Å². The van der Waals surface area contributed by atoms with E-state index in [2.05, 4.69) is 10.0 Å². The van der Waals surface area contributed by atoms with E-state index in [0.717, 1.165) is 11.8 Å². The average Bonchev–Trinajstić information content (AvgIpc) is 2.54. The third-order valence-electron chi connectivity index (χ3n) is 3.73. The van der Waals surface area contributed by atoms with Crippen LogP contribution in [0.15, 0.2) is 54.6 Å². The highest BCUT2D eigenvalue weighted by Gasteiger charge is 2.18. The third-order valence-corrected chi connectivity index (χ3v) is 4.32. The van der Waals surface area contributed by atoms with Crippen LogP contribution in [0, 0.1) is 0 Å². The molecule has 2 aromatic carbocycles. The van der Waals surface area contributed by atoms with Gasteiger partial charge in [-0.25, -0.2) is 8.42 Å². The largest absolute Gasteiger partial charge is 0.350 e. The van der Waals surface area contributed by atoms with Crippen LogP contribution in [0.3, 0.4) is 0 Å². The van der Waals surface area contributed by atoms with Crippen molar-refractivity contribution in [2.24, 2.45) is 0 Å². The Balaban J connectivity index is 2.14. The van der Waals surface area contributed by atoms with E-state index in [9.17, 15) is 13.2 Å². The molecule has 0 aliphatic carbocycles. The van der Waals surface area contributed by atoms with Crippen LogP contribution in [0.5, 0.6) is 0 Å². The summed E-state index contributed by atoms with van der Waals surface area (Å²) in [6.45, 7) is 0.406. The summed E-state index contributed by atoms with van der Waals surface area (Å²) in [4.78, 5) is 14.6. The highest BCUT2D eigenvalue weighted by molar-refractivity contribution is 7.92. The molecule has 134 valence electrons. The van der Waals surface area contributed by atoms with E-state index >= 15 is 0 Å². The number of carbonyl (C=O) groups excluding carboxylic acids is 1. The van der Waals surface area contributed by atoms with Crippen molar-refractivity contribution in [2.45, 2.75) is 6.04 Å². The van der Waals surface area contributed by atoms with Gasteiger partial charge in [0.05, 0.1) is 23.5 Å². The van der Waals surface area contributed by atoms with Gasteiger partial charge in [0.25, 0.3) is 5.91 Å². The molecule has 6 nitrogen and oxygen atoms in total. The van der Waals surface area contributed by atoms with Crippen molar-refractivity contribution in [3.8, 4) is 0 Å². The first kappa shape index (κ1) is 19.0.